The fourth-order valence-corrected chi connectivity index (χ4v) is 2.57. The molecule has 1 aliphatic heterocycles. The zero-order valence-electron chi connectivity index (χ0n) is 11.9. The molecule has 0 radical (unpaired) electrons. The van der Waals surface area contributed by atoms with Gasteiger partial charge in [-0.1, -0.05) is 0 Å². The number of rotatable bonds is 2. The molecule has 3 rings (SSSR count). The van der Waals surface area contributed by atoms with Crippen LogP contribution in [0, 0.1) is 6.92 Å². The summed E-state index contributed by atoms with van der Waals surface area (Å²) in [5.41, 5.74) is 1.01. The molecule has 1 saturated heterocycles. The Kier molecular flexibility index (Phi) is 3.45. The van der Waals surface area contributed by atoms with Crippen molar-refractivity contribution in [1.29, 1.82) is 0 Å². The molecule has 0 saturated carbocycles. The second-order valence-electron chi connectivity index (χ2n) is 5.31. The molecular formula is C14H16N4O4. The molecule has 8 heteroatoms. The van der Waals surface area contributed by atoms with E-state index in [9.17, 15) is 19.8 Å². The van der Waals surface area contributed by atoms with Gasteiger partial charge in [-0.2, -0.15) is 0 Å². The zero-order valence-corrected chi connectivity index (χ0v) is 11.9. The molecule has 5 N–H and O–H groups in total. The van der Waals surface area contributed by atoms with Gasteiger partial charge in [0.1, 0.15) is 34.9 Å². The highest BCUT2D eigenvalue weighted by atomic mass is 16.3. The second-order valence-corrected chi connectivity index (χ2v) is 5.31. The molecule has 0 aliphatic carbocycles. The monoisotopic (exact) mass is 304 g/mol. The summed E-state index contributed by atoms with van der Waals surface area (Å²) in [4.78, 5) is 31.4. The van der Waals surface area contributed by atoms with Gasteiger partial charge in [-0.15, -0.1) is 0 Å². The number of hydrogen-bond acceptors (Lipinski definition) is 5. The number of aromatic amines is 1. The van der Waals surface area contributed by atoms with E-state index in [0.717, 1.165) is 0 Å². The van der Waals surface area contributed by atoms with Crippen LogP contribution in [-0.4, -0.2) is 44.3 Å². The van der Waals surface area contributed by atoms with E-state index in [0.29, 0.717) is 29.7 Å². The molecule has 1 fully saturated rings. The molecule has 2 unspecified atom stereocenters. The van der Waals surface area contributed by atoms with Gasteiger partial charge in [0.05, 0.1) is 5.52 Å². The van der Waals surface area contributed by atoms with Crippen molar-refractivity contribution in [1.82, 2.24) is 20.6 Å². The van der Waals surface area contributed by atoms with Crippen LogP contribution in [0.4, 0.5) is 0 Å². The van der Waals surface area contributed by atoms with Gasteiger partial charge in [0, 0.05) is 0 Å². The van der Waals surface area contributed by atoms with E-state index in [1.54, 1.807) is 13.0 Å². The summed E-state index contributed by atoms with van der Waals surface area (Å²) >= 11 is 0. The van der Waals surface area contributed by atoms with Gasteiger partial charge in [-0.05, 0) is 31.9 Å². The lowest BCUT2D eigenvalue weighted by molar-refractivity contribution is -0.128. The number of aryl methyl sites for hydroxylation is 1. The molecule has 2 heterocycles. The van der Waals surface area contributed by atoms with Crippen molar-refractivity contribution in [3.05, 3.63) is 23.5 Å². The van der Waals surface area contributed by atoms with Gasteiger partial charge in [-0.3, -0.25) is 9.59 Å². The summed E-state index contributed by atoms with van der Waals surface area (Å²) in [6.07, 6.45) is -0.199. The van der Waals surface area contributed by atoms with Crippen molar-refractivity contribution in [2.75, 3.05) is 0 Å². The van der Waals surface area contributed by atoms with Gasteiger partial charge < -0.3 is 25.8 Å². The Hall–Kier alpha value is -2.61. The highest BCUT2D eigenvalue weighted by Gasteiger charge is 2.29. The first-order valence-electron chi connectivity index (χ1n) is 6.93. The average molecular weight is 304 g/mol. The Bertz CT molecular complexity index is 755. The number of carbonyl (C=O) groups is 2. The van der Waals surface area contributed by atoms with Gasteiger partial charge >= 0.3 is 0 Å². The third-order valence-corrected chi connectivity index (χ3v) is 3.64. The van der Waals surface area contributed by atoms with Crippen molar-refractivity contribution >= 4 is 22.8 Å². The topological polar surface area (TPSA) is 127 Å². The molecule has 1 aromatic carbocycles. The number of imidazole rings is 1. The highest BCUT2D eigenvalue weighted by molar-refractivity contribution is 6.08. The van der Waals surface area contributed by atoms with Crippen molar-refractivity contribution in [3.8, 4) is 5.75 Å². The van der Waals surface area contributed by atoms with E-state index >= 15 is 0 Å². The molecular weight excluding hydrogens is 288 g/mol. The number of benzene rings is 1. The predicted octanol–water partition coefficient (Wildman–Crippen LogP) is -0.0963. The van der Waals surface area contributed by atoms with Crippen LogP contribution in [0.15, 0.2) is 12.1 Å². The van der Waals surface area contributed by atoms with Gasteiger partial charge in [0.25, 0.3) is 5.91 Å². The number of aromatic hydroxyl groups is 1. The minimum Gasteiger partial charge on any atom is -0.507 e. The summed E-state index contributed by atoms with van der Waals surface area (Å²) in [5.74, 6) is -0.607. The maximum absolute atomic E-state index is 12.4. The third kappa shape index (κ3) is 2.48. The lowest BCUT2D eigenvalue weighted by atomic mass is 10.0. The maximum Gasteiger partial charge on any atom is 0.257 e. The van der Waals surface area contributed by atoms with Crippen LogP contribution in [0.3, 0.4) is 0 Å². The Morgan fingerprint density at radius 1 is 1.41 bits per heavy atom. The summed E-state index contributed by atoms with van der Waals surface area (Å²) in [6.45, 7) is 1.74. The number of phenolic OH excluding ortho intramolecular Hbond substituents is 1. The number of fused-ring (bicyclic) bond motifs is 1. The van der Waals surface area contributed by atoms with Crippen LogP contribution in [0.5, 0.6) is 5.75 Å². The number of aliphatic hydroxyl groups excluding tert-OH is 1. The number of nitrogens with zero attached hydrogens (tertiary/aromatic N) is 1. The van der Waals surface area contributed by atoms with Crippen LogP contribution in [0.2, 0.25) is 0 Å². The van der Waals surface area contributed by atoms with Crippen LogP contribution in [0.1, 0.15) is 29.0 Å². The van der Waals surface area contributed by atoms with Gasteiger partial charge in [0.15, 0.2) is 0 Å². The first kappa shape index (κ1) is 14.3. The number of aliphatic hydroxyl groups is 1. The number of hydrogen-bond donors (Lipinski definition) is 5. The minimum atomic E-state index is -0.883. The number of carbonyl (C=O) groups excluding carboxylic acids is 2. The quantitative estimate of drug-likeness (QED) is 0.529. The fourth-order valence-electron chi connectivity index (χ4n) is 2.57. The number of phenols is 1. The minimum absolute atomic E-state index is 0.0285. The Morgan fingerprint density at radius 2 is 2.18 bits per heavy atom. The summed E-state index contributed by atoms with van der Waals surface area (Å²) in [6, 6.07) is 2.29. The molecule has 0 bridgehead atoms. The van der Waals surface area contributed by atoms with Gasteiger partial charge in [0.2, 0.25) is 5.91 Å². The molecule has 1 aromatic heterocycles. The number of amides is 2. The highest BCUT2D eigenvalue weighted by Crippen LogP contribution is 2.26. The predicted molar refractivity (Wildman–Crippen MR) is 77.1 cm³/mol. The van der Waals surface area contributed by atoms with E-state index in [1.165, 1.54) is 6.07 Å². The van der Waals surface area contributed by atoms with Gasteiger partial charge in [-0.25, -0.2) is 4.98 Å². The van der Waals surface area contributed by atoms with E-state index < -0.39 is 24.1 Å². The van der Waals surface area contributed by atoms with E-state index in [4.69, 9.17) is 0 Å². The summed E-state index contributed by atoms with van der Waals surface area (Å²) in [5, 5.41) is 24.2. The number of H-pyrrole nitrogens is 1. The Morgan fingerprint density at radius 3 is 2.91 bits per heavy atom. The number of nitrogens with one attached hydrogen (secondary N) is 3. The fraction of sp³-hybridized carbons (Fsp3) is 0.357. The van der Waals surface area contributed by atoms with Crippen LogP contribution >= 0.6 is 0 Å². The smallest absolute Gasteiger partial charge is 0.257 e. The Balaban J connectivity index is 1.89. The Labute approximate surface area is 125 Å². The largest absolute Gasteiger partial charge is 0.507 e. The van der Waals surface area contributed by atoms with Crippen LogP contribution in [-0.2, 0) is 4.79 Å². The standard InChI is InChI=1S/C14H16N4O4/c1-6-15-7-2-4-9(19)11(12(7)16-6)14(22)17-8-3-5-10(20)18-13(8)21/h2,4,8,10,19-20H,3,5H2,1H3,(H,15,16)(H,17,22)(H,18,21). The normalized spacial score (nSPS) is 21.6. The molecule has 1 aliphatic rings. The van der Waals surface area contributed by atoms with E-state index in [2.05, 4.69) is 20.6 Å². The first-order valence-corrected chi connectivity index (χ1v) is 6.93. The zero-order chi connectivity index (χ0) is 15.9. The van der Waals surface area contributed by atoms with Crippen molar-refractivity contribution in [2.45, 2.75) is 32.0 Å². The molecule has 2 amide bonds. The molecule has 2 aromatic rings. The molecule has 8 nitrogen and oxygen atoms in total. The first-order chi connectivity index (χ1) is 10.5. The van der Waals surface area contributed by atoms with Crippen LogP contribution < -0.4 is 10.6 Å². The molecule has 116 valence electrons. The summed E-state index contributed by atoms with van der Waals surface area (Å²) in [7, 11) is 0. The lowest BCUT2D eigenvalue weighted by Gasteiger charge is -2.26. The number of aromatic nitrogens is 2. The summed E-state index contributed by atoms with van der Waals surface area (Å²) < 4.78 is 0. The average Bonchev–Trinajstić information content (AvgIpc) is 2.82. The molecule has 0 spiro atoms. The van der Waals surface area contributed by atoms with E-state index in [-0.39, 0.29) is 11.3 Å². The SMILES string of the molecule is Cc1nc2c(C(=O)NC3CCC(O)NC3=O)c(O)ccc2[nH]1. The second kappa shape index (κ2) is 5.30. The van der Waals surface area contributed by atoms with Crippen LogP contribution in [0.25, 0.3) is 11.0 Å². The van der Waals surface area contributed by atoms with Crippen molar-refractivity contribution < 1.29 is 19.8 Å². The third-order valence-electron chi connectivity index (χ3n) is 3.64. The lowest BCUT2D eigenvalue weighted by Crippen LogP contribution is -2.53. The number of piperidine rings is 1. The van der Waals surface area contributed by atoms with E-state index in [1.807, 2.05) is 0 Å². The van der Waals surface area contributed by atoms with Crippen molar-refractivity contribution in [3.63, 3.8) is 0 Å². The molecule has 2 atom stereocenters. The molecule has 22 heavy (non-hydrogen) atoms. The maximum atomic E-state index is 12.4. The van der Waals surface area contributed by atoms with Crippen molar-refractivity contribution in [2.24, 2.45) is 0 Å².